The minimum Gasteiger partial charge on any atom is -0.376 e. The van der Waals surface area contributed by atoms with E-state index in [1.807, 2.05) is 54.8 Å². The number of likely N-dealkylation sites (N-methyl/N-ethyl adjacent to an activating group) is 1. The maximum absolute atomic E-state index is 13.1. The van der Waals surface area contributed by atoms with Gasteiger partial charge < -0.3 is 9.64 Å². The first-order chi connectivity index (χ1) is 13.3. The van der Waals surface area contributed by atoms with Crippen LogP contribution in [-0.2, 0) is 4.74 Å². The summed E-state index contributed by atoms with van der Waals surface area (Å²) in [6.07, 6.45) is 2.16. The molecule has 3 heterocycles. The van der Waals surface area contributed by atoms with Crippen LogP contribution in [0.3, 0.4) is 0 Å². The molecule has 3 aromatic rings. The predicted octanol–water partition coefficient (Wildman–Crippen LogP) is 3.64. The van der Waals surface area contributed by atoms with Crippen molar-refractivity contribution >= 4 is 17.2 Å². The van der Waals surface area contributed by atoms with E-state index in [4.69, 9.17) is 4.74 Å². The zero-order valence-corrected chi connectivity index (χ0v) is 16.1. The lowest BCUT2D eigenvalue weighted by molar-refractivity contribution is 0.0530. The summed E-state index contributed by atoms with van der Waals surface area (Å²) in [6, 6.07) is 13.7. The minimum atomic E-state index is -0.152. The summed E-state index contributed by atoms with van der Waals surface area (Å²) in [5, 5.41) is 6.56. The van der Waals surface area contributed by atoms with Crippen molar-refractivity contribution in [3.8, 4) is 16.4 Å². The highest BCUT2D eigenvalue weighted by atomic mass is 32.1. The number of hydrogen-bond donors (Lipinski definition) is 0. The predicted molar refractivity (Wildman–Crippen MR) is 105 cm³/mol. The second kappa shape index (κ2) is 8.02. The van der Waals surface area contributed by atoms with Crippen LogP contribution in [0.4, 0.5) is 0 Å². The van der Waals surface area contributed by atoms with E-state index in [2.05, 4.69) is 10.1 Å². The van der Waals surface area contributed by atoms with Crippen molar-refractivity contribution in [2.24, 2.45) is 0 Å². The van der Waals surface area contributed by atoms with Gasteiger partial charge in [-0.1, -0.05) is 24.3 Å². The van der Waals surface area contributed by atoms with E-state index >= 15 is 0 Å². The fourth-order valence-electron chi connectivity index (χ4n) is 3.25. The Hall–Kier alpha value is -2.51. The van der Waals surface area contributed by atoms with Gasteiger partial charge in [0.1, 0.15) is 0 Å². The number of aromatic nitrogens is 3. The molecule has 0 N–H and O–H groups in total. The highest BCUT2D eigenvalue weighted by Crippen LogP contribution is 2.26. The normalized spacial score (nSPS) is 16.6. The van der Waals surface area contributed by atoms with Crippen molar-refractivity contribution in [3.05, 3.63) is 53.7 Å². The van der Waals surface area contributed by atoms with Gasteiger partial charge in [0.15, 0.2) is 5.82 Å². The third kappa shape index (κ3) is 3.79. The number of benzene rings is 1. The zero-order valence-electron chi connectivity index (χ0n) is 15.2. The summed E-state index contributed by atoms with van der Waals surface area (Å²) in [6.45, 7) is 3.94. The molecule has 0 saturated carbocycles. The van der Waals surface area contributed by atoms with E-state index < -0.39 is 0 Å². The summed E-state index contributed by atoms with van der Waals surface area (Å²) < 4.78 is 7.44. The molecular weight excluding hydrogens is 360 g/mol. The average molecular weight is 382 g/mol. The molecule has 0 spiro atoms. The summed E-state index contributed by atoms with van der Waals surface area (Å²) in [5.41, 5.74) is 0.884. The Morgan fingerprint density at radius 1 is 1.30 bits per heavy atom. The summed E-state index contributed by atoms with van der Waals surface area (Å²) in [5.74, 6) is 0.760. The molecule has 0 aliphatic carbocycles. The van der Waals surface area contributed by atoms with Gasteiger partial charge >= 0.3 is 0 Å². The minimum absolute atomic E-state index is 0.113. The molecule has 7 heteroatoms. The topological polar surface area (TPSA) is 60.2 Å². The molecule has 1 atom stereocenters. The van der Waals surface area contributed by atoms with Crippen molar-refractivity contribution in [1.29, 1.82) is 0 Å². The number of nitrogens with zero attached hydrogens (tertiary/aromatic N) is 4. The van der Waals surface area contributed by atoms with E-state index in [-0.39, 0.29) is 17.8 Å². The van der Waals surface area contributed by atoms with Gasteiger partial charge in [-0.3, -0.25) is 4.79 Å². The lowest BCUT2D eigenvalue weighted by Crippen LogP contribution is -2.37. The molecule has 1 aliphatic heterocycles. The van der Waals surface area contributed by atoms with Crippen LogP contribution in [0, 0.1) is 0 Å². The highest BCUT2D eigenvalue weighted by Gasteiger charge is 2.26. The van der Waals surface area contributed by atoms with Gasteiger partial charge in [-0.05, 0) is 43.3 Å². The molecule has 0 bridgehead atoms. The summed E-state index contributed by atoms with van der Waals surface area (Å²) in [4.78, 5) is 20.4. The van der Waals surface area contributed by atoms with Gasteiger partial charge in [0, 0.05) is 19.7 Å². The molecular formula is C20H22N4O2S. The maximum atomic E-state index is 13.1. The standard InChI is InChI=1S/C20H22N4O2S/c1-2-23(14-16-10-6-12-26-16)20(25)18-21-19(17-11-7-13-27-17)24(22-18)15-8-4-3-5-9-15/h3-5,7-9,11,13,16H,2,6,10,12,14H2,1H3. The lowest BCUT2D eigenvalue weighted by atomic mass is 10.2. The number of hydrogen-bond acceptors (Lipinski definition) is 5. The molecule has 1 saturated heterocycles. The van der Waals surface area contributed by atoms with Crippen LogP contribution in [0.1, 0.15) is 30.4 Å². The van der Waals surface area contributed by atoms with Gasteiger partial charge in [0.2, 0.25) is 5.82 Å². The van der Waals surface area contributed by atoms with Gasteiger partial charge in [0.25, 0.3) is 5.91 Å². The fraction of sp³-hybridized carbons (Fsp3) is 0.350. The Balaban J connectivity index is 1.67. The third-order valence-corrected chi connectivity index (χ3v) is 5.52. The molecule has 1 unspecified atom stereocenters. The molecule has 1 fully saturated rings. The Kier molecular flexibility index (Phi) is 5.31. The zero-order chi connectivity index (χ0) is 18.6. The molecule has 4 rings (SSSR count). The first kappa shape index (κ1) is 17.9. The number of ether oxygens (including phenoxy) is 1. The van der Waals surface area contributed by atoms with E-state index in [1.165, 1.54) is 0 Å². The monoisotopic (exact) mass is 382 g/mol. The number of carbonyl (C=O) groups excluding carboxylic acids is 1. The van der Waals surface area contributed by atoms with Gasteiger partial charge in [0.05, 0.1) is 16.7 Å². The van der Waals surface area contributed by atoms with Crippen LogP contribution >= 0.6 is 11.3 Å². The Labute approximate surface area is 162 Å². The lowest BCUT2D eigenvalue weighted by Gasteiger charge is -2.22. The molecule has 2 aromatic heterocycles. The second-order valence-electron chi connectivity index (χ2n) is 6.46. The molecule has 6 nitrogen and oxygen atoms in total. The van der Waals surface area contributed by atoms with E-state index in [0.717, 1.165) is 30.0 Å². The van der Waals surface area contributed by atoms with Crippen molar-refractivity contribution in [1.82, 2.24) is 19.7 Å². The molecule has 1 aliphatic rings. The van der Waals surface area contributed by atoms with Crippen molar-refractivity contribution in [2.45, 2.75) is 25.9 Å². The quantitative estimate of drug-likeness (QED) is 0.653. The van der Waals surface area contributed by atoms with Gasteiger partial charge in [-0.2, -0.15) is 0 Å². The Morgan fingerprint density at radius 3 is 2.81 bits per heavy atom. The highest BCUT2D eigenvalue weighted by molar-refractivity contribution is 7.13. The van der Waals surface area contributed by atoms with E-state index in [9.17, 15) is 4.79 Å². The number of para-hydroxylation sites is 1. The smallest absolute Gasteiger partial charge is 0.293 e. The second-order valence-corrected chi connectivity index (χ2v) is 7.41. The molecule has 1 aromatic carbocycles. The molecule has 27 heavy (non-hydrogen) atoms. The first-order valence-electron chi connectivity index (χ1n) is 9.23. The number of amides is 1. The van der Waals surface area contributed by atoms with Crippen molar-refractivity contribution < 1.29 is 9.53 Å². The SMILES string of the molecule is CCN(CC1CCCO1)C(=O)c1nc(-c2cccs2)n(-c2ccccc2)n1. The Morgan fingerprint density at radius 2 is 2.15 bits per heavy atom. The van der Waals surface area contributed by atoms with E-state index in [0.29, 0.717) is 18.9 Å². The summed E-state index contributed by atoms with van der Waals surface area (Å²) >= 11 is 1.58. The molecule has 140 valence electrons. The fourth-order valence-corrected chi connectivity index (χ4v) is 3.95. The van der Waals surface area contributed by atoms with Crippen LogP contribution in [0.5, 0.6) is 0 Å². The van der Waals surface area contributed by atoms with Crippen LogP contribution in [-0.4, -0.2) is 51.4 Å². The number of carbonyl (C=O) groups is 1. The maximum Gasteiger partial charge on any atom is 0.293 e. The molecule has 0 radical (unpaired) electrons. The first-order valence-corrected chi connectivity index (χ1v) is 10.1. The van der Waals surface area contributed by atoms with Crippen LogP contribution in [0.15, 0.2) is 47.8 Å². The van der Waals surface area contributed by atoms with Crippen LogP contribution in [0.2, 0.25) is 0 Å². The third-order valence-electron chi connectivity index (χ3n) is 4.66. The van der Waals surface area contributed by atoms with Crippen LogP contribution < -0.4 is 0 Å². The average Bonchev–Trinajstić information content (AvgIpc) is 3.47. The number of thiophene rings is 1. The van der Waals surface area contributed by atoms with Crippen LogP contribution in [0.25, 0.3) is 16.4 Å². The number of rotatable bonds is 6. The van der Waals surface area contributed by atoms with Crippen molar-refractivity contribution in [3.63, 3.8) is 0 Å². The summed E-state index contributed by atoms with van der Waals surface area (Å²) in [7, 11) is 0. The Bertz CT molecular complexity index is 886. The molecule has 1 amide bonds. The van der Waals surface area contributed by atoms with E-state index in [1.54, 1.807) is 20.9 Å². The van der Waals surface area contributed by atoms with Gasteiger partial charge in [-0.25, -0.2) is 9.67 Å². The van der Waals surface area contributed by atoms with Crippen molar-refractivity contribution in [2.75, 3.05) is 19.7 Å². The van der Waals surface area contributed by atoms with Gasteiger partial charge in [-0.15, -0.1) is 16.4 Å². The largest absolute Gasteiger partial charge is 0.376 e.